The Labute approximate surface area is 158 Å². The number of carbonyl (C=O) groups is 1. The molecule has 0 atom stereocenters. The highest BCUT2D eigenvalue weighted by Gasteiger charge is 2.19. The maximum Gasteiger partial charge on any atom is 0.269 e. The van der Waals surface area contributed by atoms with Crippen LogP contribution in [0.3, 0.4) is 0 Å². The van der Waals surface area contributed by atoms with Gasteiger partial charge in [0.2, 0.25) is 0 Å². The first-order valence-electron chi connectivity index (χ1n) is 8.19. The van der Waals surface area contributed by atoms with Gasteiger partial charge in [-0.1, -0.05) is 0 Å². The molecular formula is C19H18N4OS2. The average molecular weight is 383 g/mol. The fourth-order valence-electron chi connectivity index (χ4n) is 2.82. The number of aryl methyl sites for hydroxylation is 4. The molecule has 3 heterocycles. The zero-order valence-electron chi connectivity index (χ0n) is 14.9. The predicted octanol–water partition coefficient (Wildman–Crippen LogP) is 4.97. The largest absolute Gasteiger partial charge is 0.397 e. The number of aromatic nitrogens is 2. The van der Waals surface area contributed by atoms with Gasteiger partial charge in [-0.25, -0.2) is 9.97 Å². The lowest BCUT2D eigenvalue weighted by molar-refractivity contribution is 0.103. The Morgan fingerprint density at radius 2 is 1.77 bits per heavy atom. The molecule has 0 aliphatic carbocycles. The van der Waals surface area contributed by atoms with Crippen molar-refractivity contribution >= 4 is 60.5 Å². The molecule has 0 bridgehead atoms. The summed E-state index contributed by atoms with van der Waals surface area (Å²) < 4.78 is 0. The Morgan fingerprint density at radius 3 is 2.46 bits per heavy atom. The van der Waals surface area contributed by atoms with Gasteiger partial charge in [-0.3, -0.25) is 10.1 Å². The summed E-state index contributed by atoms with van der Waals surface area (Å²) in [6, 6.07) is 6.19. The van der Waals surface area contributed by atoms with E-state index in [4.69, 9.17) is 10.7 Å². The number of fused-ring (bicyclic) bond motifs is 2. The minimum absolute atomic E-state index is 0.240. The number of hydrogen-bond acceptors (Lipinski definition) is 6. The van der Waals surface area contributed by atoms with Gasteiger partial charge in [-0.2, -0.15) is 0 Å². The first-order chi connectivity index (χ1) is 12.3. The topological polar surface area (TPSA) is 80.9 Å². The maximum atomic E-state index is 12.7. The second kappa shape index (κ2) is 6.03. The normalized spacial score (nSPS) is 11.4. The van der Waals surface area contributed by atoms with Crippen LogP contribution in [-0.4, -0.2) is 15.9 Å². The molecule has 3 aromatic heterocycles. The molecule has 0 aliphatic rings. The van der Waals surface area contributed by atoms with Gasteiger partial charge in [0, 0.05) is 15.6 Å². The van der Waals surface area contributed by atoms with Gasteiger partial charge in [-0.15, -0.1) is 22.7 Å². The van der Waals surface area contributed by atoms with Crippen LogP contribution in [0.25, 0.3) is 21.1 Å². The Hall–Kier alpha value is -2.51. The van der Waals surface area contributed by atoms with Crippen LogP contribution < -0.4 is 11.1 Å². The predicted molar refractivity (Wildman–Crippen MR) is 111 cm³/mol. The third kappa shape index (κ3) is 2.73. The van der Waals surface area contributed by atoms with Crippen molar-refractivity contribution in [1.82, 2.24) is 9.97 Å². The number of anilines is 2. The van der Waals surface area contributed by atoms with Crippen molar-refractivity contribution in [3.63, 3.8) is 0 Å². The zero-order chi connectivity index (χ0) is 18.6. The summed E-state index contributed by atoms with van der Waals surface area (Å²) in [7, 11) is 0. The van der Waals surface area contributed by atoms with Crippen molar-refractivity contribution in [2.75, 3.05) is 11.1 Å². The summed E-state index contributed by atoms with van der Waals surface area (Å²) in [5, 5.41) is 5.29. The van der Waals surface area contributed by atoms with Crippen LogP contribution in [0.5, 0.6) is 0 Å². The van der Waals surface area contributed by atoms with Crippen LogP contribution in [0.2, 0.25) is 0 Å². The zero-order valence-corrected chi connectivity index (χ0v) is 16.6. The Bertz CT molecular complexity index is 1170. The van der Waals surface area contributed by atoms with Crippen molar-refractivity contribution in [3.05, 3.63) is 44.8 Å². The molecule has 3 N–H and O–H groups in total. The summed E-state index contributed by atoms with van der Waals surface area (Å²) >= 11 is 2.78. The summed E-state index contributed by atoms with van der Waals surface area (Å²) in [4.78, 5) is 24.1. The van der Waals surface area contributed by atoms with E-state index in [9.17, 15) is 4.79 Å². The molecule has 4 aromatic rings. The molecule has 26 heavy (non-hydrogen) atoms. The van der Waals surface area contributed by atoms with Crippen LogP contribution in [0.4, 0.5) is 10.8 Å². The fourth-order valence-corrected chi connectivity index (χ4v) is 4.61. The molecule has 0 radical (unpaired) electrons. The number of nitrogen functional groups attached to an aromatic ring is 1. The highest BCUT2D eigenvalue weighted by atomic mass is 32.1. The van der Waals surface area contributed by atoms with E-state index in [1.807, 2.05) is 19.9 Å². The van der Waals surface area contributed by atoms with E-state index >= 15 is 0 Å². The molecule has 0 aliphatic heterocycles. The van der Waals surface area contributed by atoms with Gasteiger partial charge >= 0.3 is 0 Å². The number of benzene rings is 1. The molecule has 1 aromatic carbocycles. The molecule has 5 nitrogen and oxygen atoms in total. The Morgan fingerprint density at radius 1 is 1.04 bits per heavy atom. The molecule has 0 fully saturated rings. The minimum Gasteiger partial charge on any atom is -0.397 e. The summed E-state index contributed by atoms with van der Waals surface area (Å²) in [5.41, 5.74) is 11.0. The van der Waals surface area contributed by atoms with Gasteiger partial charge in [0.25, 0.3) is 5.91 Å². The SMILES string of the molecule is Cc1cc2cc3c(N)c(C(=O)Nc4nc(C)c(C)s4)sc3nc2cc1C. The molecule has 7 heteroatoms. The molecule has 1 amide bonds. The van der Waals surface area contributed by atoms with Crippen LogP contribution in [0, 0.1) is 27.7 Å². The van der Waals surface area contributed by atoms with Crippen molar-refractivity contribution in [3.8, 4) is 0 Å². The van der Waals surface area contributed by atoms with Crippen molar-refractivity contribution in [2.24, 2.45) is 0 Å². The lowest BCUT2D eigenvalue weighted by Gasteiger charge is -2.03. The van der Waals surface area contributed by atoms with Gasteiger partial charge in [0.1, 0.15) is 9.71 Å². The van der Waals surface area contributed by atoms with E-state index in [1.165, 1.54) is 33.8 Å². The summed E-state index contributed by atoms with van der Waals surface area (Å²) in [5.74, 6) is -0.240. The van der Waals surface area contributed by atoms with E-state index in [0.29, 0.717) is 15.7 Å². The smallest absolute Gasteiger partial charge is 0.269 e. The molecule has 0 saturated heterocycles. The number of thiophene rings is 1. The molecule has 132 valence electrons. The number of nitrogens with zero attached hydrogens (tertiary/aromatic N) is 2. The third-order valence-electron chi connectivity index (χ3n) is 4.58. The fraction of sp³-hybridized carbons (Fsp3) is 0.211. The van der Waals surface area contributed by atoms with Gasteiger partial charge in [0.15, 0.2) is 5.13 Å². The molecular weight excluding hydrogens is 364 g/mol. The van der Waals surface area contributed by atoms with Gasteiger partial charge < -0.3 is 5.73 Å². The number of pyridine rings is 1. The van der Waals surface area contributed by atoms with Crippen molar-refractivity contribution in [2.45, 2.75) is 27.7 Å². The van der Waals surface area contributed by atoms with E-state index in [-0.39, 0.29) is 5.91 Å². The molecule has 0 spiro atoms. The number of nitrogens with one attached hydrogen (secondary N) is 1. The number of rotatable bonds is 2. The number of carbonyl (C=O) groups excluding carboxylic acids is 1. The molecule has 4 rings (SSSR count). The van der Waals surface area contributed by atoms with Crippen LogP contribution >= 0.6 is 22.7 Å². The Kier molecular flexibility index (Phi) is 3.93. The minimum atomic E-state index is -0.240. The average Bonchev–Trinajstić information content (AvgIpc) is 3.06. The lowest BCUT2D eigenvalue weighted by Crippen LogP contribution is -2.11. The highest BCUT2D eigenvalue weighted by molar-refractivity contribution is 7.21. The monoisotopic (exact) mass is 382 g/mol. The standard InChI is InChI=1S/C19H18N4OS2/c1-8-5-12-7-13-15(20)16(26-18(13)22-14(12)6-9(8)2)17(24)23-19-21-10(3)11(4)25-19/h5-7H,20H2,1-4H3,(H,21,23,24). The van der Waals surface area contributed by atoms with E-state index in [2.05, 4.69) is 36.3 Å². The van der Waals surface area contributed by atoms with Crippen LogP contribution in [0.15, 0.2) is 18.2 Å². The first-order valence-corrected chi connectivity index (χ1v) is 9.82. The van der Waals surface area contributed by atoms with Crippen LogP contribution in [0.1, 0.15) is 31.4 Å². The summed E-state index contributed by atoms with van der Waals surface area (Å²) in [6.07, 6.45) is 0. The quantitative estimate of drug-likeness (QED) is 0.513. The second-order valence-electron chi connectivity index (χ2n) is 6.43. The lowest BCUT2D eigenvalue weighted by atomic mass is 10.1. The molecule has 0 saturated carbocycles. The van der Waals surface area contributed by atoms with Gasteiger partial charge in [-0.05, 0) is 57.0 Å². The maximum absolute atomic E-state index is 12.7. The third-order valence-corrected chi connectivity index (χ3v) is 6.69. The number of nitrogens with two attached hydrogens (primary N) is 1. The highest BCUT2D eigenvalue weighted by Crippen LogP contribution is 2.35. The van der Waals surface area contributed by atoms with Gasteiger partial charge in [0.05, 0.1) is 16.9 Å². The van der Waals surface area contributed by atoms with Crippen molar-refractivity contribution in [1.29, 1.82) is 0 Å². The van der Waals surface area contributed by atoms with E-state index in [1.54, 1.807) is 0 Å². The Balaban J connectivity index is 1.78. The summed E-state index contributed by atoms with van der Waals surface area (Å²) in [6.45, 7) is 8.05. The number of amides is 1. The number of hydrogen-bond donors (Lipinski definition) is 2. The van der Waals surface area contributed by atoms with E-state index in [0.717, 1.165) is 31.7 Å². The van der Waals surface area contributed by atoms with Crippen molar-refractivity contribution < 1.29 is 4.79 Å². The van der Waals surface area contributed by atoms with E-state index < -0.39 is 0 Å². The number of thiazole rings is 1. The second-order valence-corrected chi connectivity index (χ2v) is 8.63. The van der Waals surface area contributed by atoms with Crippen LogP contribution in [-0.2, 0) is 0 Å². The first kappa shape index (κ1) is 16.9. The molecule has 0 unspecified atom stereocenters.